The fourth-order valence-electron chi connectivity index (χ4n) is 2.14. The summed E-state index contributed by atoms with van der Waals surface area (Å²) >= 11 is 3.09. The van der Waals surface area contributed by atoms with Crippen LogP contribution < -0.4 is 4.72 Å². The second-order valence-corrected chi connectivity index (χ2v) is 7.76. The zero-order valence-electron chi connectivity index (χ0n) is 11.4. The normalized spacial score (nSPS) is 18.4. The van der Waals surface area contributed by atoms with Gasteiger partial charge < -0.3 is 9.84 Å². The maximum Gasteiger partial charge on any atom is 0.336 e. The first kappa shape index (κ1) is 16.4. The summed E-state index contributed by atoms with van der Waals surface area (Å²) in [6.07, 6.45) is 1.16. The van der Waals surface area contributed by atoms with Gasteiger partial charge in [0, 0.05) is 23.2 Å². The van der Waals surface area contributed by atoms with Gasteiger partial charge in [-0.2, -0.15) is 0 Å². The SMILES string of the molecule is CC1(NS(=O)(=O)c2ccc(Br)c(C(=O)O)c2)CCOCC1. The molecule has 1 aliphatic rings. The van der Waals surface area contributed by atoms with E-state index in [4.69, 9.17) is 9.84 Å². The van der Waals surface area contributed by atoms with Crippen LogP contribution in [0.5, 0.6) is 0 Å². The Labute approximate surface area is 131 Å². The number of hydrogen-bond acceptors (Lipinski definition) is 4. The van der Waals surface area contributed by atoms with E-state index in [0.29, 0.717) is 30.5 Å². The van der Waals surface area contributed by atoms with Gasteiger partial charge in [-0.1, -0.05) is 0 Å². The van der Waals surface area contributed by atoms with E-state index in [-0.39, 0.29) is 10.5 Å². The largest absolute Gasteiger partial charge is 0.478 e. The number of rotatable bonds is 4. The van der Waals surface area contributed by atoms with Crippen molar-refractivity contribution in [2.45, 2.75) is 30.2 Å². The van der Waals surface area contributed by atoms with Gasteiger partial charge in [-0.3, -0.25) is 0 Å². The average Bonchev–Trinajstić information content (AvgIpc) is 2.38. The van der Waals surface area contributed by atoms with Crippen LogP contribution in [0.25, 0.3) is 0 Å². The lowest BCUT2D eigenvalue weighted by Crippen LogP contribution is -2.49. The summed E-state index contributed by atoms with van der Waals surface area (Å²) in [4.78, 5) is 11.0. The predicted molar refractivity (Wildman–Crippen MR) is 79.9 cm³/mol. The number of nitrogens with one attached hydrogen (secondary N) is 1. The van der Waals surface area contributed by atoms with Gasteiger partial charge >= 0.3 is 5.97 Å². The fraction of sp³-hybridized carbons (Fsp3) is 0.462. The molecule has 0 saturated carbocycles. The lowest BCUT2D eigenvalue weighted by molar-refractivity contribution is 0.0537. The van der Waals surface area contributed by atoms with Crippen LogP contribution in [0.15, 0.2) is 27.6 Å². The highest BCUT2D eigenvalue weighted by atomic mass is 79.9. The first-order valence-electron chi connectivity index (χ1n) is 6.38. The van der Waals surface area contributed by atoms with Gasteiger partial charge in [-0.25, -0.2) is 17.9 Å². The van der Waals surface area contributed by atoms with Crippen LogP contribution in [0.2, 0.25) is 0 Å². The van der Waals surface area contributed by atoms with E-state index in [0.717, 1.165) is 6.07 Å². The summed E-state index contributed by atoms with van der Waals surface area (Å²) < 4.78 is 33.1. The number of carboxylic acid groups (broad SMARTS) is 1. The molecular formula is C13H16BrNO5S. The first-order chi connectivity index (χ1) is 9.73. The fourth-order valence-corrected chi connectivity index (χ4v) is 4.05. The molecule has 1 heterocycles. The van der Waals surface area contributed by atoms with Crippen LogP contribution in [0, 0.1) is 0 Å². The van der Waals surface area contributed by atoms with Crippen molar-refractivity contribution in [3.05, 3.63) is 28.2 Å². The van der Waals surface area contributed by atoms with Gasteiger partial charge in [-0.15, -0.1) is 0 Å². The molecule has 0 aromatic heterocycles. The minimum absolute atomic E-state index is 0.0594. The molecule has 0 amide bonds. The van der Waals surface area contributed by atoms with Crippen molar-refractivity contribution >= 4 is 31.9 Å². The van der Waals surface area contributed by atoms with Crippen LogP contribution in [-0.4, -0.2) is 38.2 Å². The highest BCUT2D eigenvalue weighted by Crippen LogP contribution is 2.25. The van der Waals surface area contributed by atoms with Crippen molar-refractivity contribution in [1.29, 1.82) is 0 Å². The van der Waals surface area contributed by atoms with Gasteiger partial charge in [-0.05, 0) is 53.9 Å². The van der Waals surface area contributed by atoms with Crippen molar-refractivity contribution in [1.82, 2.24) is 4.72 Å². The zero-order valence-corrected chi connectivity index (χ0v) is 13.8. The van der Waals surface area contributed by atoms with E-state index in [1.165, 1.54) is 12.1 Å². The Bertz CT molecular complexity index is 653. The highest BCUT2D eigenvalue weighted by Gasteiger charge is 2.33. The standard InChI is InChI=1S/C13H16BrNO5S/c1-13(4-6-20-7-5-13)15-21(18,19)9-2-3-11(14)10(8-9)12(16)17/h2-3,8,15H,4-7H2,1H3,(H,16,17). The molecule has 0 radical (unpaired) electrons. The Kier molecular flexibility index (Phi) is 4.72. The number of sulfonamides is 1. The Morgan fingerprint density at radius 3 is 2.57 bits per heavy atom. The molecule has 0 unspecified atom stereocenters. The number of carbonyl (C=O) groups is 1. The van der Waals surface area contributed by atoms with E-state index >= 15 is 0 Å². The number of halogens is 1. The smallest absolute Gasteiger partial charge is 0.336 e. The summed E-state index contributed by atoms with van der Waals surface area (Å²) in [5.74, 6) is -1.18. The summed E-state index contributed by atoms with van der Waals surface area (Å²) in [6, 6.07) is 3.95. The molecule has 8 heteroatoms. The number of hydrogen-bond donors (Lipinski definition) is 2. The van der Waals surface area contributed by atoms with Gasteiger partial charge in [0.05, 0.1) is 10.5 Å². The van der Waals surface area contributed by atoms with E-state index < -0.39 is 21.5 Å². The third-order valence-corrected chi connectivity index (χ3v) is 5.78. The third kappa shape index (κ3) is 3.82. The third-order valence-electron chi connectivity index (χ3n) is 3.46. The van der Waals surface area contributed by atoms with Gasteiger partial charge in [0.15, 0.2) is 0 Å². The number of ether oxygens (including phenoxy) is 1. The minimum Gasteiger partial charge on any atom is -0.478 e. The van der Waals surface area contributed by atoms with E-state index in [2.05, 4.69) is 20.7 Å². The molecule has 21 heavy (non-hydrogen) atoms. The summed E-state index contributed by atoms with van der Waals surface area (Å²) in [5.41, 5.74) is -0.664. The molecule has 1 aromatic carbocycles. The molecule has 6 nitrogen and oxygen atoms in total. The number of carboxylic acids is 1. The number of aromatic carboxylic acids is 1. The second-order valence-electron chi connectivity index (χ2n) is 5.23. The molecule has 1 aliphatic heterocycles. The maximum absolute atomic E-state index is 12.4. The maximum atomic E-state index is 12.4. The Hall–Kier alpha value is -0.960. The van der Waals surface area contributed by atoms with Crippen molar-refractivity contribution in [2.24, 2.45) is 0 Å². The molecule has 1 saturated heterocycles. The van der Waals surface area contributed by atoms with Crippen LogP contribution in [0.3, 0.4) is 0 Å². The molecule has 2 N–H and O–H groups in total. The van der Waals surface area contributed by atoms with Crippen molar-refractivity contribution < 1.29 is 23.1 Å². The topological polar surface area (TPSA) is 92.7 Å². The van der Waals surface area contributed by atoms with Crippen LogP contribution in [0.1, 0.15) is 30.1 Å². The molecule has 1 aromatic rings. The van der Waals surface area contributed by atoms with Crippen molar-refractivity contribution in [2.75, 3.05) is 13.2 Å². The lowest BCUT2D eigenvalue weighted by atomic mass is 9.94. The highest BCUT2D eigenvalue weighted by molar-refractivity contribution is 9.10. The van der Waals surface area contributed by atoms with Gasteiger partial charge in [0.2, 0.25) is 10.0 Å². The average molecular weight is 378 g/mol. The molecule has 0 atom stereocenters. The predicted octanol–water partition coefficient (Wildman–Crippen LogP) is 1.99. The molecule has 0 aliphatic carbocycles. The molecule has 0 bridgehead atoms. The monoisotopic (exact) mass is 377 g/mol. The molecule has 1 fully saturated rings. The minimum atomic E-state index is -3.78. The summed E-state index contributed by atoms with van der Waals surface area (Å²) in [5, 5.41) is 9.07. The summed E-state index contributed by atoms with van der Waals surface area (Å²) in [7, 11) is -3.78. The zero-order chi connectivity index (χ0) is 15.7. The van der Waals surface area contributed by atoms with Crippen LogP contribution in [0.4, 0.5) is 0 Å². The van der Waals surface area contributed by atoms with E-state index in [9.17, 15) is 13.2 Å². The molecule has 116 valence electrons. The van der Waals surface area contributed by atoms with E-state index in [1.807, 2.05) is 6.92 Å². The quantitative estimate of drug-likeness (QED) is 0.836. The Morgan fingerprint density at radius 1 is 1.38 bits per heavy atom. The number of benzene rings is 1. The molecular weight excluding hydrogens is 362 g/mol. The van der Waals surface area contributed by atoms with Crippen LogP contribution in [-0.2, 0) is 14.8 Å². The summed E-state index contributed by atoms with van der Waals surface area (Å²) in [6.45, 7) is 2.82. The molecule has 0 spiro atoms. The lowest BCUT2D eigenvalue weighted by Gasteiger charge is -2.34. The van der Waals surface area contributed by atoms with Crippen LogP contribution >= 0.6 is 15.9 Å². The van der Waals surface area contributed by atoms with Gasteiger partial charge in [0.25, 0.3) is 0 Å². The Balaban J connectivity index is 2.31. The Morgan fingerprint density at radius 2 is 2.00 bits per heavy atom. The van der Waals surface area contributed by atoms with E-state index in [1.54, 1.807) is 0 Å². The first-order valence-corrected chi connectivity index (χ1v) is 8.66. The van der Waals surface area contributed by atoms with Crippen molar-refractivity contribution in [3.63, 3.8) is 0 Å². The molecule has 2 rings (SSSR count). The second kappa shape index (κ2) is 6.04. The van der Waals surface area contributed by atoms with Gasteiger partial charge in [0.1, 0.15) is 0 Å². The van der Waals surface area contributed by atoms with Crippen molar-refractivity contribution in [3.8, 4) is 0 Å².